The van der Waals surface area contributed by atoms with Crippen molar-refractivity contribution in [2.75, 3.05) is 5.88 Å². The van der Waals surface area contributed by atoms with Gasteiger partial charge in [0, 0.05) is 13.3 Å². The lowest BCUT2D eigenvalue weighted by atomic mass is 10.1. The van der Waals surface area contributed by atoms with Crippen LogP contribution in [0.4, 0.5) is 0 Å². The third-order valence-electron chi connectivity index (χ3n) is 1.31. The van der Waals surface area contributed by atoms with E-state index in [0.29, 0.717) is 18.0 Å². The minimum atomic E-state index is -0.0967. The van der Waals surface area contributed by atoms with Gasteiger partial charge in [0.2, 0.25) is 0 Å². The fourth-order valence-corrected chi connectivity index (χ4v) is 0.885. The summed E-state index contributed by atoms with van der Waals surface area (Å²) in [6.07, 6.45) is 0.458. The van der Waals surface area contributed by atoms with Gasteiger partial charge in [0.25, 0.3) is 0 Å². The van der Waals surface area contributed by atoms with E-state index in [2.05, 4.69) is 5.16 Å². The van der Waals surface area contributed by atoms with Crippen LogP contribution in [0.2, 0.25) is 0 Å². The van der Waals surface area contributed by atoms with Crippen molar-refractivity contribution in [3.05, 3.63) is 0 Å². The molecule has 1 rings (SSSR count). The molecule has 1 aliphatic heterocycles. The summed E-state index contributed by atoms with van der Waals surface area (Å²) in [5, 5.41) is 3.57. The molecule has 3 nitrogen and oxygen atoms in total. The molecule has 0 N–H and O–H groups in total. The monoisotopic (exact) mass is 161 g/mol. The van der Waals surface area contributed by atoms with E-state index in [9.17, 15) is 4.79 Å². The summed E-state index contributed by atoms with van der Waals surface area (Å²) in [6, 6.07) is 0. The molecule has 1 atom stereocenters. The molecule has 0 aromatic carbocycles. The van der Waals surface area contributed by atoms with Crippen LogP contribution in [0, 0.1) is 0 Å². The Bertz CT molecular complexity index is 179. The highest BCUT2D eigenvalue weighted by Crippen LogP contribution is 2.11. The number of halogens is 1. The molecule has 0 amide bonds. The van der Waals surface area contributed by atoms with Gasteiger partial charge in [-0.2, -0.15) is 0 Å². The molecule has 0 aromatic heterocycles. The minimum absolute atomic E-state index is 0.0346. The van der Waals surface area contributed by atoms with Crippen LogP contribution in [0.1, 0.15) is 13.3 Å². The van der Waals surface area contributed by atoms with E-state index >= 15 is 0 Å². The topological polar surface area (TPSA) is 38.7 Å². The third kappa shape index (κ3) is 1.48. The highest BCUT2D eigenvalue weighted by Gasteiger charge is 2.22. The molecule has 0 bridgehead atoms. The van der Waals surface area contributed by atoms with E-state index in [0.717, 1.165) is 0 Å². The Balaban J connectivity index is 2.47. The smallest absolute Gasteiger partial charge is 0.177 e. The molecule has 0 fully saturated rings. The zero-order valence-corrected chi connectivity index (χ0v) is 6.39. The predicted molar refractivity (Wildman–Crippen MR) is 38.3 cm³/mol. The number of nitrogens with zero attached hydrogens (tertiary/aromatic N) is 1. The quantitative estimate of drug-likeness (QED) is 0.566. The first kappa shape index (κ1) is 7.54. The van der Waals surface area contributed by atoms with Crippen LogP contribution in [0.3, 0.4) is 0 Å². The summed E-state index contributed by atoms with van der Waals surface area (Å²) in [4.78, 5) is 15.5. The molecular formula is C6H8ClNO2. The Morgan fingerprint density at radius 2 is 2.70 bits per heavy atom. The highest BCUT2D eigenvalue weighted by molar-refractivity contribution is 6.39. The summed E-state index contributed by atoms with van der Waals surface area (Å²) in [7, 11) is 0. The fraction of sp³-hybridized carbons (Fsp3) is 0.667. The Morgan fingerprint density at radius 1 is 2.00 bits per heavy atom. The largest absolute Gasteiger partial charge is 0.390 e. The normalized spacial score (nSPS) is 23.8. The molecule has 0 saturated heterocycles. The maximum absolute atomic E-state index is 10.7. The molecular weight excluding hydrogens is 154 g/mol. The van der Waals surface area contributed by atoms with Gasteiger partial charge in [-0.3, -0.25) is 4.79 Å². The van der Waals surface area contributed by atoms with Crippen molar-refractivity contribution >= 4 is 23.1 Å². The summed E-state index contributed by atoms with van der Waals surface area (Å²) in [5.74, 6) is 0.355. The van der Waals surface area contributed by atoms with Gasteiger partial charge in [0.15, 0.2) is 5.78 Å². The first-order valence-corrected chi connectivity index (χ1v) is 3.57. The van der Waals surface area contributed by atoms with Crippen LogP contribution < -0.4 is 0 Å². The Labute approximate surface area is 64.0 Å². The lowest BCUT2D eigenvalue weighted by Gasteiger charge is -1.99. The minimum Gasteiger partial charge on any atom is -0.390 e. The van der Waals surface area contributed by atoms with Crippen LogP contribution >= 0.6 is 11.6 Å². The zero-order valence-electron chi connectivity index (χ0n) is 5.63. The molecule has 0 aliphatic carbocycles. The summed E-state index contributed by atoms with van der Waals surface area (Å²) >= 11 is 5.47. The molecule has 0 spiro atoms. The van der Waals surface area contributed by atoms with Gasteiger partial charge in [-0.1, -0.05) is 5.16 Å². The number of ketones is 1. The van der Waals surface area contributed by atoms with Crippen LogP contribution in [0.15, 0.2) is 5.16 Å². The van der Waals surface area contributed by atoms with Gasteiger partial charge in [-0.05, 0) is 0 Å². The first-order chi connectivity index (χ1) is 4.74. The lowest BCUT2D eigenvalue weighted by molar-refractivity contribution is -0.111. The average Bonchev–Trinajstić information content (AvgIpc) is 2.34. The Kier molecular flexibility index (Phi) is 2.27. The van der Waals surface area contributed by atoms with Crippen molar-refractivity contribution < 1.29 is 9.63 Å². The molecule has 0 aromatic rings. The Hall–Kier alpha value is -0.570. The molecule has 1 heterocycles. The Morgan fingerprint density at radius 3 is 3.00 bits per heavy atom. The van der Waals surface area contributed by atoms with Crippen molar-refractivity contribution in [1.82, 2.24) is 0 Å². The van der Waals surface area contributed by atoms with Crippen LogP contribution in [0.25, 0.3) is 0 Å². The van der Waals surface area contributed by atoms with Gasteiger partial charge >= 0.3 is 0 Å². The highest BCUT2D eigenvalue weighted by atomic mass is 35.5. The molecule has 4 heteroatoms. The number of oxime groups is 1. The maximum Gasteiger partial charge on any atom is 0.177 e. The lowest BCUT2D eigenvalue weighted by Crippen LogP contribution is -2.13. The van der Waals surface area contributed by atoms with Crippen molar-refractivity contribution in [3.8, 4) is 0 Å². The summed E-state index contributed by atoms with van der Waals surface area (Å²) in [6.45, 7) is 1.47. The van der Waals surface area contributed by atoms with Gasteiger partial charge in [-0.25, -0.2) is 0 Å². The number of carbonyl (C=O) groups excluding carboxylic acids is 1. The fourth-order valence-electron chi connectivity index (χ4n) is 0.719. The van der Waals surface area contributed by atoms with E-state index in [1.165, 1.54) is 6.92 Å². The van der Waals surface area contributed by atoms with Crippen molar-refractivity contribution in [2.24, 2.45) is 5.16 Å². The molecule has 0 radical (unpaired) electrons. The van der Waals surface area contributed by atoms with Gasteiger partial charge in [-0.15, -0.1) is 11.6 Å². The van der Waals surface area contributed by atoms with E-state index in [1.54, 1.807) is 0 Å². The van der Waals surface area contributed by atoms with E-state index in [4.69, 9.17) is 16.4 Å². The molecule has 1 unspecified atom stereocenters. The second kappa shape index (κ2) is 3.01. The second-order valence-corrected chi connectivity index (χ2v) is 2.49. The number of hydrogen-bond donors (Lipinski definition) is 0. The van der Waals surface area contributed by atoms with E-state index in [-0.39, 0.29) is 11.9 Å². The molecule has 0 saturated carbocycles. The van der Waals surface area contributed by atoms with Gasteiger partial charge in [0.05, 0.1) is 5.88 Å². The number of Topliss-reactive ketones (excluding diaryl/α,β-unsaturated/α-hetero) is 1. The number of hydrogen-bond acceptors (Lipinski definition) is 3. The molecule has 56 valence electrons. The van der Waals surface area contributed by atoms with Gasteiger partial charge in [0.1, 0.15) is 11.8 Å². The van der Waals surface area contributed by atoms with Crippen molar-refractivity contribution in [3.63, 3.8) is 0 Å². The summed E-state index contributed by atoms with van der Waals surface area (Å²) < 4.78 is 0. The maximum atomic E-state index is 10.7. The average molecular weight is 162 g/mol. The number of rotatable bonds is 2. The molecule has 10 heavy (non-hydrogen) atoms. The number of alkyl halides is 1. The SMILES string of the molecule is CC(=O)C1=NOC(CCl)C1. The van der Waals surface area contributed by atoms with Crippen molar-refractivity contribution in [1.29, 1.82) is 0 Å². The van der Waals surface area contributed by atoms with E-state index in [1.807, 2.05) is 0 Å². The summed E-state index contributed by atoms with van der Waals surface area (Å²) in [5.41, 5.74) is 0.491. The third-order valence-corrected chi connectivity index (χ3v) is 1.66. The van der Waals surface area contributed by atoms with Crippen LogP contribution in [-0.2, 0) is 9.63 Å². The standard InChI is InChI=1S/C6H8ClNO2/c1-4(9)6-2-5(3-7)10-8-6/h5H,2-3H2,1H3. The first-order valence-electron chi connectivity index (χ1n) is 3.03. The predicted octanol–water partition coefficient (Wildman–Crippen LogP) is 0.959. The van der Waals surface area contributed by atoms with Crippen molar-refractivity contribution in [2.45, 2.75) is 19.4 Å². The molecule has 1 aliphatic rings. The van der Waals surface area contributed by atoms with Crippen LogP contribution in [-0.4, -0.2) is 23.5 Å². The van der Waals surface area contributed by atoms with Crippen LogP contribution in [0.5, 0.6) is 0 Å². The number of carbonyl (C=O) groups is 1. The van der Waals surface area contributed by atoms with Gasteiger partial charge < -0.3 is 4.84 Å². The zero-order chi connectivity index (χ0) is 7.56. The van der Waals surface area contributed by atoms with E-state index < -0.39 is 0 Å². The second-order valence-electron chi connectivity index (χ2n) is 2.18.